The Morgan fingerprint density at radius 2 is 2.21 bits per heavy atom. The molecule has 0 aliphatic rings. The van der Waals surface area contributed by atoms with Crippen LogP contribution in [0.5, 0.6) is 0 Å². The van der Waals surface area contributed by atoms with Gasteiger partial charge in [-0.05, 0) is 12.5 Å². The molecule has 0 amide bonds. The monoisotopic (exact) mass is 255 g/mol. The molecule has 19 heavy (non-hydrogen) atoms. The molecule has 98 valence electrons. The maximum atomic E-state index is 6.27. The van der Waals surface area contributed by atoms with E-state index in [0.29, 0.717) is 0 Å². The largest absolute Gasteiger partial charge is 0.398 e. The third kappa shape index (κ3) is 1.97. The molecule has 0 bridgehead atoms. The number of aromatic nitrogens is 4. The van der Waals surface area contributed by atoms with Gasteiger partial charge in [0.25, 0.3) is 0 Å². The number of anilines is 1. The Morgan fingerprint density at radius 3 is 2.89 bits per heavy atom. The lowest BCUT2D eigenvalue weighted by atomic mass is 10.1. The molecule has 0 saturated heterocycles. The second-order valence-corrected chi connectivity index (χ2v) is 4.80. The molecule has 3 heterocycles. The van der Waals surface area contributed by atoms with Crippen LogP contribution in [0.4, 0.5) is 5.69 Å². The summed E-state index contributed by atoms with van der Waals surface area (Å²) in [4.78, 5) is 7.77. The number of fused-ring (bicyclic) bond motifs is 1. The van der Waals surface area contributed by atoms with Crippen LogP contribution in [0.1, 0.15) is 19.0 Å². The minimum Gasteiger partial charge on any atom is -0.398 e. The number of pyridine rings is 1. The molecule has 0 radical (unpaired) electrons. The molecule has 5 nitrogen and oxygen atoms in total. The summed E-state index contributed by atoms with van der Waals surface area (Å²) in [5.74, 6) is 0. The highest BCUT2D eigenvalue weighted by atomic mass is 15.2. The minimum atomic E-state index is 0.761. The summed E-state index contributed by atoms with van der Waals surface area (Å²) in [5.41, 5.74) is 11.0. The number of aromatic amines is 1. The van der Waals surface area contributed by atoms with Crippen LogP contribution in [0, 0.1) is 0 Å². The van der Waals surface area contributed by atoms with Crippen molar-refractivity contribution in [1.82, 2.24) is 19.7 Å². The number of nitrogens with one attached hydrogen (secondary N) is 1. The standard InChI is InChI=1S/C14H17N5/c1-3-4-10-5-11-13(15)12(7-16-14(11)18-10)9-6-17-19(2)8-9/h5-8H,3-4H2,1-2H3,(H3,15,16,18). The summed E-state index contributed by atoms with van der Waals surface area (Å²) < 4.78 is 1.76. The van der Waals surface area contributed by atoms with Crippen LogP contribution in [-0.2, 0) is 13.5 Å². The molecule has 0 fully saturated rings. The summed E-state index contributed by atoms with van der Waals surface area (Å²) in [7, 11) is 1.89. The molecule has 0 saturated carbocycles. The van der Waals surface area contributed by atoms with Crippen LogP contribution in [0.25, 0.3) is 22.2 Å². The van der Waals surface area contributed by atoms with Gasteiger partial charge in [-0.25, -0.2) is 4.98 Å². The van der Waals surface area contributed by atoms with Gasteiger partial charge in [-0.1, -0.05) is 13.3 Å². The van der Waals surface area contributed by atoms with Gasteiger partial charge in [0.15, 0.2) is 0 Å². The second kappa shape index (κ2) is 4.42. The Morgan fingerprint density at radius 1 is 1.37 bits per heavy atom. The van der Waals surface area contributed by atoms with Crippen LogP contribution in [0.2, 0.25) is 0 Å². The summed E-state index contributed by atoms with van der Waals surface area (Å²) in [6.45, 7) is 2.16. The quantitative estimate of drug-likeness (QED) is 0.755. The average Bonchev–Trinajstić information content (AvgIpc) is 2.97. The van der Waals surface area contributed by atoms with Crippen LogP contribution in [-0.4, -0.2) is 19.7 Å². The normalized spacial score (nSPS) is 11.3. The molecule has 0 atom stereocenters. The molecule has 0 aliphatic carbocycles. The fourth-order valence-corrected chi connectivity index (χ4v) is 2.34. The maximum absolute atomic E-state index is 6.27. The first-order valence-corrected chi connectivity index (χ1v) is 6.44. The number of hydrogen-bond donors (Lipinski definition) is 2. The number of aryl methyl sites for hydroxylation is 2. The lowest BCUT2D eigenvalue weighted by molar-refractivity contribution is 0.768. The van der Waals surface area contributed by atoms with Crippen LogP contribution >= 0.6 is 0 Å². The van der Waals surface area contributed by atoms with Crippen molar-refractivity contribution in [2.75, 3.05) is 5.73 Å². The molecule has 5 heteroatoms. The van der Waals surface area contributed by atoms with E-state index in [1.165, 1.54) is 5.69 Å². The number of hydrogen-bond acceptors (Lipinski definition) is 3. The highest BCUT2D eigenvalue weighted by Crippen LogP contribution is 2.31. The van der Waals surface area contributed by atoms with Gasteiger partial charge in [-0.2, -0.15) is 5.10 Å². The van der Waals surface area contributed by atoms with Gasteiger partial charge in [-0.3, -0.25) is 4.68 Å². The topological polar surface area (TPSA) is 72.5 Å². The van der Waals surface area contributed by atoms with Crippen molar-refractivity contribution in [2.24, 2.45) is 7.05 Å². The van der Waals surface area contributed by atoms with Gasteiger partial charge >= 0.3 is 0 Å². The molecule has 3 N–H and O–H groups in total. The number of H-pyrrole nitrogens is 1. The van der Waals surface area contributed by atoms with Crippen molar-refractivity contribution in [1.29, 1.82) is 0 Å². The molecule has 3 rings (SSSR count). The fourth-order valence-electron chi connectivity index (χ4n) is 2.34. The average molecular weight is 255 g/mol. The molecular formula is C14H17N5. The van der Waals surface area contributed by atoms with E-state index in [2.05, 4.69) is 28.1 Å². The molecule has 0 aliphatic heterocycles. The van der Waals surface area contributed by atoms with Gasteiger partial charge < -0.3 is 10.7 Å². The summed E-state index contributed by atoms with van der Waals surface area (Å²) in [5, 5.41) is 5.16. The molecule has 0 spiro atoms. The molecule has 0 aromatic carbocycles. The summed E-state index contributed by atoms with van der Waals surface area (Å²) in [6.07, 6.45) is 7.67. The summed E-state index contributed by atoms with van der Waals surface area (Å²) in [6, 6.07) is 2.10. The molecular weight excluding hydrogens is 238 g/mol. The number of nitrogens with two attached hydrogens (primary N) is 1. The van der Waals surface area contributed by atoms with Crippen LogP contribution < -0.4 is 5.73 Å². The molecule has 3 aromatic heterocycles. The number of rotatable bonds is 3. The fraction of sp³-hybridized carbons (Fsp3) is 0.286. The number of nitrogens with zero attached hydrogens (tertiary/aromatic N) is 3. The van der Waals surface area contributed by atoms with E-state index in [-0.39, 0.29) is 0 Å². The zero-order valence-electron chi connectivity index (χ0n) is 11.1. The van der Waals surface area contributed by atoms with E-state index >= 15 is 0 Å². The Labute approximate surface area is 111 Å². The van der Waals surface area contributed by atoms with Gasteiger partial charge in [-0.15, -0.1) is 0 Å². The summed E-state index contributed by atoms with van der Waals surface area (Å²) >= 11 is 0. The third-order valence-corrected chi connectivity index (χ3v) is 3.29. The lowest BCUT2D eigenvalue weighted by Crippen LogP contribution is -1.92. The predicted molar refractivity (Wildman–Crippen MR) is 76.7 cm³/mol. The van der Waals surface area contributed by atoms with Crippen LogP contribution in [0.3, 0.4) is 0 Å². The zero-order chi connectivity index (χ0) is 13.4. The first-order chi connectivity index (χ1) is 9.19. The van der Waals surface area contributed by atoms with Crippen molar-refractivity contribution in [3.63, 3.8) is 0 Å². The van der Waals surface area contributed by atoms with E-state index in [9.17, 15) is 0 Å². The Hall–Kier alpha value is -2.30. The number of nitrogen functional groups attached to an aromatic ring is 1. The first-order valence-electron chi connectivity index (χ1n) is 6.44. The highest BCUT2D eigenvalue weighted by molar-refractivity contribution is 5.97. The highest BCUT2D eigenvalue weighted by Gasteiger charge is 2.11. The van der Waals surface area contributed by atoms with Gasteiger partial charge in [0, 0.05) is 41.6 Å². The third-order valence-electron chi connectivity index (χ3n) is 3.29. The predicted octanol–water partition coefficient (Wildman–Crippen LogP) is 2.50. The van der Waals surface area contributed by atoms with Crippen molar-refractivity contribution >= 4 is 16.7 Å². The second-order valence-electron chi connectivity index (χ2n) is 4.80. The van der Waals surface area contributed by atoms with Gasteiger partial charge in [0.1, 0.15) is 5.65 Å². The molecule has 3 aromatic rings. The van der Waals surface area contributed by atoms with Crippen molar-refractivity contribution in [3.8, 4) is 11.1 Å². The lowest BCUT2D eigenvalue weighted by Gasteiger charge is -2.03. The van der Waals surface area contributed by atoms with E-state index in [4.69, 9.17) is 5.73 Å². The smallest absolute Gasteiger partial charge is 0.139 e. The zero-order valence-corrected chi connectivity index (χ0v) is 11.1. The van der Waals surface area contributed by atoms with Crippen molar-refractivity contribution in [3.05, 3.63) is 30.4 Å². The van der Waals surface area contributed by atoms with E-state index in [1.54, 1.807) is 17.1 Å². The SMILES string of the molecule is CCCc1cc2c(N)c(-c3cnn(C)c3)cnc2[nH]1. The van der Waals surface area contributed by atoms with Gasteiger partial charge in [0.05, 0.1) is 11.9 Å². The van der Waals surface area contributed by atoms with Crippen molar-refractivity contribution in [2.45, 2.75) is 19.8 Å². The van der Waals surface area contributed by atoms with Crippen LogP contribution in [0.15, 0.2) is 24.7 Å². The minimum absolute atomic E-state index is 0.761. The Kier molecular flexibility index (Phi) is 2.74. The van der Waals surface area contributed by atoms with E-state index in [0.717, 1.165) is 40.7 Å². The molecule has 0 unspecified atom stereocenters. The van der Waals surface area contributed by atoms with E-state index < -0.39 is 0 Å². The maximum Gasteiger partial charge on any atom is 0.139 e. The van der Waals surface area contributed by atoms with Gasteiger partial charge in [0.2, 0.25) is 0 Å². The Bertz CT molecular complexity index is 723. The van der Waals surface area contributed by atoms with E-state index in [1.807, 2.05) is 13.2 Å². The van der Waals surface area contributed by atoms with Crippen molar-refractivity contribution < 1.29 is 0 Å². The Balaban J connectivity index is 2.14. The first kappa shape index (κ1) is 11.8.